The van der Waals surface area contributed by atoms with E-state index in [9.17, 15) is 19.2 Å². The van der Waals surface area contributed by atoms with E-state index < -0.39 is 23.4 Å². The number of nitrogens with one attached hydrogen (secondary N) is 2. The van der Waals surface area contributed by atoms with Gasteiger partial charge < -0.3 is 15.4 Å². The van der Waals surface area contributed by atoms with Crippen molar-refractivity contribution in [3.63, 3.8) is 0 Å². The third-order valence-corrected chi connectivity index (χ3v) is 5.00. The van der Waals surface area contributed by atoms with Crippen molar-refractivity contribution in [3.8, 4) is 0 Å². The van der Waals surface area contributed by atoms with Gasteiger partial charge in [0.1, 0.15) is 12.1 Å². The van der Waals surface area contributed by atoms with Crippen molar-refractivity contribution in [2.75, 3.05) is 11.9 Å². The number of benzene rings is 1. The van der Waals surface area contributed by atoms with Crippen LogP contribution in [0.5, 0.6) is 0 Å². The van der Waals surface area contributed by atoms with E-state index in [1.807, 2.05) is 0 Å². The molecule has 1 aromatic rings. The predicted octanol–water partition coefficient (Wildman–Crippen LogP) is 2.45. The maximum Gasteiger partial charge on any atom is 0.338 e. The van der Waals surface area contributed by atoms with Crippen molar-refractivity contribution >= 4 is 29.5 Å². The molecule has 1 saturated carbocycles. The Balaban J connectivity index is 1.59. The van der Waals surface area contributed by atoms with Crippen LogP contribution in [0.2, 0.25) is 0 Å². The Labute approximate surface area is 163 Å². The second-order valence-electron chi connectivity index (χ2n) is 7.54. The van der Waals surface area contributed by atoms with E-state index in [4.69, 9.17) is 4.74 Å². The van der Waals surface area contributed by atoms with Gasteiger partial charge in [-0.1, -0.05) is 19.3 Å². The molecule has 0 unspecified atom stereocenters. The summed E-state index contributed by atoms with van der Waals surface area (Å²) in [6, 6.07) is 5.72. The van der Waals surface area contributed by atoms with Crippen LogP contribution in [0.25, 0.3) is 0 Å². The monoisotopic (exact) mass is 387 g/mol. The Bertz CT molecular complexity index is 782. The quantitative estimate of drug-likeness (QED) is 0.596. The first-order chi connectivity index (χ1) is 13.3. The van der Waals surface area contributed by atoms with Gasteiger partial charge in [0.2, 0.25) is 5.91 Å². The van der Waals surface area contributed by atoms with Crippen LogP contribution in [0.1, 0.15) is 56.3 Å². The summed E-state index contributed by atoms with van der Waals surface area (Å²) in [6.45, 7) is 3.18. The minimum atomic E-state index is -0.839. The minimum Gasteiger partial charge on any atom is -0.459 e. The van der Waals surface area contributed by atoms with Crippen LogP contribution in [0, 0.1) is 0 Å². The summed E-state index contributed by atoms with van der Waals surface area (Å²) >= 11 is 0. The fourth-order valence-corrected chi connectivity index (χ4v) is 3.63. The summed E-state index contributed by atoms with van der Waals surface area (Å²) in [5.74, 6) is -1.24. The molecule has 1 aliphatic carbocycles. The first kappa shape index (κ1) is 19.9. The van der Waals surface area contributed by atoms with E-state index in [0.717, 1.165) is 24.2 Å². The Hall–Kier alpha value is -2.90. The number of hydrogen-bond acceptors (Lipinski definition) is 5. The van der Waals surface area contributed by atoms with Crippen molar-refractivity contribution in [1.82, 2.24) is 10.2 Å². The molecule has 1 aliphatic heterocycles. The molecule has 1 saturated heterocycles. The Kier molecular flexibility index (Phi) is 5.67. The van der Waals surface area contributed by atoms with E-state index in [-0.39, 0.29) is 18.6 Å². The van der Waals surface area contributed by atoms with E-state index in [0.29, 0.717) is 24.1 Å². The van der Waals surface area contributed by atoms with Gasteiger partial charge in [0.15, 0.2) is 0 Å². The van der Waals surface area contributed by atoms with Crippen molar-refractivity contribution in [2.45, 2.75) is 57.6 Å². The molecule has 1 spiro atoms. The molecule has 0 atom stereocenters. The van der Waals surface area contributed by atoms with Crippen molar-refractivity contribution < 1.29 is 23.9 Å². The first-order valence-corrected chi connectivity index (χ1v) is 9.56. The molecule has 2 fully saturated rings. The number of urea groups is 1. The number of esters is 1. The number of carbonyl (C=O) groups excluding carboxylic acids is 4. The van der Waals surface area contributed by atoms with Crippen molar-refractivity contribution in [2.24, 2.45) is 0 Å². The van der Waals surface area contributed by atoms with Crippen molar-refractivity contribution in [3.05, 3.63) is 29.8 Å². The van der Waals surface area contributed by atoms with Crippen LogP contribution in [-0.2, 0) is 14.3 Å². The van der Waals surface area contributed by atoms with Crippen LogP contribution in [0.15, 0.2) is 24.3 Å². The summed E-state index contributed by atoms with van der Waals surface area (Å²) in [5.41, 5.74) is -0.000759. The van der Waals surface area contributed by atoms with Crippen LogP contribution in [0.4, 0.5) is 10.5 Å². The molecule has 0 radical (unpaired) electrons. The molecule has 1 heterocycles. The number of rotatable bonds is 5. The minimum absolute atomic E-state index is 0.219. The normalized spacial score (nSPS) is 18.3. The number of hydrogen-bond donors (Lipinski definition) is 2. The van der Waals surface area contributed by atoms with Gasteiger partial charge in [-0.3, -0.25) is 14.5 Å². The van der Waals surface area contributed by atoms with Gasteiger partial charge in [0.05, 0.1) is 11.7 Å². The van der Waals surface area contributed by atoms with Gasteiger partial charge in [-0.2, -0.15) is 0 Å². The number of carbonyl (C=O) groups is 4. The zero-order valence-corrected chi connectivity index (χ0v) is 16.1. The lowest BCUT2D eigenvalue weighted by atomic mass is 9.82. The Morgan fingerprint density at radius 2 is 1.79 bits per heavy atom. The smallest absolute Gasteiger partial charge is 0.338 e. The average molecular weight is 387 g/mol. The molecule has 0 aromatic heterocycles. The maximum absolute atomic E-state index is 12.7. The topological polar surface area (TPSA) is 105 Å². The van der Waals surface area contributed by atoms with Crippen LogP contribution >= 0.6 is 0 Å². The van der Waals surface area contributed by atoms with Crippen molar-refractivity contribution in [1.29, 1.82) is 0 Å². The summed E-state index contributed by atoms with van der Waals surface area (Å²) < 4.78 is 5.11. The molecule has 28 heavy (non-hydrogen) atoms. The van der Waals surface area contributed by atoms with Crippen LogP contribution in [-0.4, -0.2) is 46.9 Å². The molecular formula is C20H25N3O5. The van der Waals surface area contributed by atoms with Gasteiger partial charge in [0.25, 0.3) is 5.91 Å². The van der Waals surface area contributed by atoms with Gasteiger partial charge >= 0.3 is 12.0 Å². The number of ether oxygens (including phenoxy) is 1. The summed E-state index contributed by atoms with van der Waals surface area (Å²) in [5, 5.41) is 5.42. The van der Waals surface area contributed by atoms with E-state index in [1.165, 1.54) is 0 Å². The van der Waals surface area contributed by atoms with Gasteiger partial charge in [-0.25, -0.2) is 9.59 Å². The zero-order chi connectivity index (χ0) is 20.3. The number of nitrogens with zero attached hydrogens (tertiary/aromatic N) is 1. The highest BCUT2D eigenvalue weighted by atomic mass is 16.5. The third kappa shape index (κ3) is 4.16. The van der Waals surface area contributed by atoms with E-state index >= 15 is 0 Å². The third-order valence-electron chi connectivity index (χ3n) is 5.00. The molecule has 2 aliphatic rings. The van der Waals surface area contributed by atoms with E-state index in [1.54, 1.807) is 38.1 Å². The second-order valence-corrected chi connectivity index (χ2v) is 7.54. The molecule has 3 rings (SSSR count). The molecular weight excluding hydrogens is 362 g/mol. The Morgan fingerprint density at radius 1 is 1.14 bits per heavy atom. The highest BCUT2D eigenvalue weighted by molar-refractivity contribution is 6.10. The molecule has 8 heteroatoms. The summed E-state index contributed by atoms with van der Waals surface area (Å²) in [4.78, 5) is 50.1. The number of anilines is 1. The predicted molar refractivity (Wildman–Crippen MR) is 102 cm³/mol. The first-order valence-electron chi connectivity index (χ1n) is 9.56. The van der Waals surface area contributed by atoms with Crippen LogP contribution < -0.4 is 10.6 Å². The summed E-state index contributed by atoms with van der Waals surface area (Å²) in [6.07, 6.45) is 3.83. The number of amides is 4. The highest BCUT2D eigenvalue weighted by Crippen LogP contribution is 2.33. The zero-order valence-electron chi connectivity index (χ0n) is 16.1. The lowest BCUT2D eigenvalue weighted by Gasteiger charge is -2.30. The maximum atomic E-state index is 12.7. The molecule has 4 amide bonds. The standard InChI is InChI=1S/C20H25N3O5/c1-13(2)28-17(25)14-6-8-15(9-7-14)21-16(24)12-23-18(26)20(22-19(23)27)10-4-3-5-11-20/h6-9,13H,3-5,10-12H2,1-2H3,(H,21,24)(H,22,27). The molecule has 2 N–H and O–H groups in total. The fraction of sp³-hybridized carbons (Fsp3) is 0.500. The fourth-order valence-electron chi connectivity index (χ4n) is 3.63. The SMILES string of the molecule is CC(C)OC(=O)c1ccc(NC(=O)CN2C(=O)NC3(CCCCC3)C2=O)cc1. The highest BCUT2D eigenvalue weighted by Gasteiger charge is 2.51. The van der Waals surface area contributed by atoms with Gasteiger partial charge in [-0.15, -0.1) is 0 Å². The largest absolute Gasteiger partial charge is 0.459 e. The lowest BCUT2D eigenvalue weighted by molar-refractivity contribution is -0.134. The van der Waals surface area contributed by atoms with Gasteiger partial charge in [-0.05, 0) is 51.0 Å². The van der Waals surface area contributed by atoms with Crippen LogP contribution in [0.3, 0.4) is 0 Å². The second kappa shape index (κ2) is 8.00. The Morgan fingerprint density at radius 3 is 2.39 bits per heavy atom. The van der Waals surface area contributed by atoms with E-state index in [2.05, 4.69) is 10.6 Å². The molecule has 0 bridgehead atoms. The lowest BCUT2D eigenvalue weighted by Crippen LogP contribution is -2.48. The average Bonchev–Trinajstić information content (AvgIpc) is 2.86. The molecule has 1 aromatic carbocycles. The number of imide groups is 1. The molecule has 150 valence electrons. The molecule has 8 nitrogen and oxygen atoms in total. The van der Waals surface area contributed by atoms with Gasteiger partial charge in [0, 0.05) is 5.69 Å². The summed E-state index contributed by atoms with van der Waals surface area (Å²) in [7, 11) is 0.